The zero-order valence-corrected chi connectivity index (χ0v) is 24.7. The van der Waals surface area contributed by atoms with Gasteiger partial charge in [-0.2, -0.15) is 23.1 Å². The quantitative estimate of drug-likeness (QED) is 0.289. The zero-order valence-electron chi connectivity index (χ0n) is 23.9. The Morgan fingerprint density at radius 3 is 2.50 bits per heavy atom. The van der Waals surface area contributed by atoms with E-state index < -0.39 is 28.9 Å². The average Bonchev–Trinajstić information content (AvgIpc) is 3.66. The normalized spacial score (nSPS) is 24.2. The third kappa shape index (κ3) is 5.08. The summed E-state index contributed by atoms with van der Waals surface area (Å²) in [7, 11) is 3.58. The summed E-state index contributed by atoms with van der Waals surface area (Å²) in [4.78, 5) is 16.9. The molecule has 3 N–H and O–H groups in total. The Morgan fingerprint density at radius 1 is 1.07 bits per heavy atom. The van der Waals surface area contributed by atoms with Crippen LogP contribution in [0.2, 0.25) is 0 Å². The molecule has 4 atom stereocenters. The monoisotopic (exact) mass is 635 g/mol. The summed E-state index contributed by atoms with van der Waals surface area (Å²) in [5.41, 5.74) is 3.05. The van der Waals surface area contributed by atoms with Crippen molar-refractivity contribution in [2.24, 2.45) is 0 Å². The number of ether oxygens (including phenoxy) is 2. The number of thiazole rings is 1. The molecule has 0 saturated carbocycles. The molecule has 3 saturated heterocycles. The molecule has 9 nitrogen and oxygen atoms in total. The number of hydrogen-bond acceptors (Lipinski definition) is 10. The van der Waals surface area contributed by atoms with Gasteiger partial charge < -0.3 is 25.4 Å². The molecule has 2 aromatic heterocycles. The predicted octanol–water partition coefficient (Wildman–Crippen LogP) is 4.82. The summed E-state index contributed by atoms with van der Waals surface area (Å²) >= 11 is 0.778. The van der Waals surface area contributed by atoms with E-state index in [1.54, 1.807) is 7.11 Å². The van der Waals surface area contributed by atoms with Crippen LogP contribution in [0.5, 0.6) is 6.01 Å². The molecule has 7 rings (SSSR count). The number of hydrogen-bond donors (Lipinski definition) is 2. The van der Waals surface area contributed by atoms with Gasteiger partial charge in [0, 0.05) is 61.4 Å². The van der Waals surface area contributed by atoms with E-state index in [2.05, 4.69) is 25.2 Å². The number of methoxy groups -OCH3 is 1. The van der Waals surface area contributed by atoms with Crippen molar-refractivity contribution < 1.29 is 31.4 Å². The van der Waals surface area contributed by atoms with E-state index in [0.717, 1.165) is 42.4 Å². The molecule has 2 aromatic carbocycles. The second kappa shape index (κ2) is 10.9. The lowest BCUT2D eigenvalue weighted by atomic mass is 9.95. The van der Waals surface area contributed by atoms with Gasteiger partial charge in [-0.3, -0.25) is 4.90 Å². The number of likely N-dealkylation sites (N-methyl/N-ethyl adjacent to an activating group) is 1. The number of piperazine rings is 1. The van der Waals surface area contributed by atoms with Gasteiger partial charge in [-0.25, -0.2) is 13.8 Å². The molecule has 2 bridgehead atoms. The Kier molecular flexibility index (Phi) is 7.26. The maximum Gasteiger partial charge on any atom is 0.417 e. The fourth-order valence-corrected chi connectivity index (χ4v) is 7.48. The van der Waals surface area contributed by atoms with Crippen molar-refractivity contribution in [2.45, 2.75) is 49.7 Å². The van der Waals surface area contributed by atoms with Gasteiger partial charge >= 0.3 is 12.2 Å². The summed E-state index contributed by atoms with van der Waals surface area (Å²) < 4.78 is 86.9. The molecule has 0 aliphatic carbocycles. The lowest BCUT2D eigenvalue weighted by molar-refractivity contribution is -0.137. The molecule has 3 aliphatic heterocycles. The second-order valence-corrected chi connectivity index (χ2v) is 12.7. The molecular weight excluding hydrogens is 605 g/mol. The van der Waals surface area contributed by atoms with Crippen molar-refractivity contribution in [2.75, 3.05) is 51.0 Å². The molecule has 15 heteroatoms. The van der Waals surface area contributed by atoms with Gasteiger partial charge in [0.2, 0.25) is 0 Å². The van der Waals surface area contributed by atoms with Crippen molar-refractivity contribution in [1.29, 1.82) is 0 Å². The number of nitrogens with zero attached hydrogens (tertiary/aromatic N) is 5. The SMILES string of the molecule is CO[C@@H]1C[C@@H](COc2nc(N3CC4CCC(C3)N4)c3cc(C(F)(F)F)c(-c4ccc(F)c5sc(N)nc45)c(F)c3n2)N(C)C1. The van der Waals surface area contributed by atoms with E-state index in [1.165, 1.54) is 0 Å². The highest BCUT2D eigenvalue weighted by atomic mass is 32.1. The number of nitrogens with one attached hydrogen (secondary N) is 1. The zero-order chi connectivity index (χ0) is 30.9. The van der Waals surface area contributed by atoms with Crippen LogP contribution in [-0.4, -0.2) is 84.5 Å². The molecule has 0 amide bonds. The first kappa shape index (κ1) is 29.3. The summed E-state index contributed by atoms with van der Waals surface area (Å²) in [6.07, 6.45) is -2.38. The van der Waals surface area contributed by atoms with Gasteiger partial charge in [-0.1, -0.05) is 11.3 Å². The van der Waals surface area contributed by atoms with Crippen LogP contribution in [0.1, 0.15) is 24.8 Å². The predicted molar refractivity (Wildman–Crippen MR) is 157 cm³/mol. The minimum atomic E-state index is -4.97. The lowest BCUT2D eigenvalue weighted by Crippen LogP contribution is -2.51. The van der Waals surface area contributed by atoms with Crippen molar-refractivity contribution in [3.05, 3.63) is 35.4 Å². The first-order chi connectivity index (χ1) is 21.0. The van der Waals surface area contributed by atoms with E-state index in [0.29, 0.717) is 26.1 Å². The van der Waals surface area contributed by atoms with Crippen LogP contribution in [0.4, 0.5) is 32.9 Å². The minimum Gasteiger partial charge on any atom is -0.462 e. The Morgan fingerprint density at radius 2 is 1.82 bits per heavy atom. The maximum atomic E-state index is 16.7. The largest absolute Gasteiger partial charge is 0.462 e. The topological polar surface area (TPSA) is 102 Å². The fraction of sp³-hybridized carbons (Fsp3) is 0.483. The standard InChI is InChI=1S/C29H30F5N7O2S/c1-40-11-16(42-2)7-15(40)12-43-28-38-23-18(26(39-28)41-9-13-3-4-14(10-41)36-13)8-19(29(32,33)34)21(22(23)31)17-5-6-20(30)25-24(17)37-27(35)44-25/h5-6,8,13-16,36H,3-4,7,9-12H2,1-2H3,(H2,35,37)/t13?,14?,15-,16+/m0/s1. The van der Waals surface area contributed by atoms with E-state index >= 15 is 4.39 Å². The molecule has 44 heavy (non-hydrogen) atoms. The first-order valence-electron chi connectivity index (χ1n) is 14.3. The molecule has 4 aromatic rings. The summed E-state index contributed by atoms with van der Waals surface area (Å²) in [5.74, 6) is -1.76. The van der Waals surface area contributed by atoms with Crippen LogP contribution < -0.4 is 20.7 Å². The van der Waals surface area contributed by atoms with Gasteiger partial charge in [0.25, 0.3) is 0 Å². The molecule has 0 radical (unpaired) electrons. The molecule has 2 unspecified atom stereocenters. The minimum absolute atomic E-state index is 0.0200. The number of anilines is 2. The molecule has 3 fully saturated rings. The number of fused-ring (bicyclic) bond motifs is 4. The number of halogens is 5. The number of alkyl halides is 3. The second-order valence-electron chi connectivity index (χ2n) is 11.7. The summed E-state index contributed by atoms with van der Waals surface area (Å²) in [5, 5.41) is 3.36. The van der Waals surface area contributed by atoms with Crippen LogP contribution in [0.15, 0.2) is 18.2 Å². The smallest absolute Gasteiger partial charge is 0.417 e. The van der Waals surface area contributed by atoms with Crippen molar-refractivity contribution >= 4 is 43.4 Å². The number of likely N-dealkylation sites (tertiary alicyclic amines) is 1. The van der Waals surface area contributed by atoms with Crippen LogP contribution in [0.3, 0.4) is 0 Å². The van der Waals surface area contributed by atoms with Crippen molar-refractivity contribution in [1.82, 2.24) is 25.2 Å². The van der Waals surface area contributed by atoms with Crippen LogP contribution >= 0.6 is 11.3 Å². The third-order valence-electron chi connectivity index (χ3n) is 8.88. The van der Waals surface area contributed by atoms with Crippen molar-refractivity contribution in [3.63, 3.8) is 0 Å². The molecule has 0 spiro atoms. The van der Waals surface area contributed by atoms with E-state index in [9.17, 15) is 17.6 Å². The van der Waals surface area contributed by atoms with Crippen molar-refractivity contribution in [3.8, 4) is 17.1 Å². The number of nitrogen functional groups attached to an aromatic ring is 1. The summed E-state index contributed by atoms with van der Waals surface area (Å²) in [6.45, 7) is 1.87. The highest BCUT2D eigenvalue weighted by Crippen LogP contribution is 2.46. The fourth-order valence-electron chi connectivity index (χ4n) is 6.71. The first-order valence-corrected chi connectivity index (χ1v) is 15.1. The Labute approximate surface area is 253 Å². The Bertz CT molecular complexity index is 1740. The molecule has 5 heterocycles. The number of benzene rings is 2. The van der Waals surface area contributed by atoms with Crippen LogP contribution in [-0.2, 0) is 10.9 Å². The van der Waals surface area contributed by atoms with Crippen LogP contribution in [0, 0.1) is 11.6 Å². The Balaban J connectivity index is 1.41. The maximum absolute atomic E-state index is 16.7. The van der Waals surface area contributed by atoms with Gasteiger partial charge in [0.05, 0.1) is 21.9 Å². The average molecular weight is 636 g/mol. The molecular formula is C29H30F5N7O2S. The lowest BCUT2D eigenvalue weighted by Gasteiger charge is -2.34. The highest BCUT2D eigenvalue weighted by Gasteiger charge is 2.40. The van der Waals surface area contributed by atoms with Crippen LogP contribution in [0.25, 0.3) is 32.2 Å². The summed E-state index contributed by atoms with van der Waals surface area (Å²) in [6, 6.07) is 3.07. The third-order valence-corrected chi connectivity index (χ3v) is 9.77. The number of nitrogens with two attached hydrogens (primary N) is 1. The van der Waals surface area contributed by atoms with Gasteiger partial charge in [-0.15, -0.1) is 0 Å². The number of rotatable bonds is 6. The van der Waals surface area contributed by atoms with Gasteiger partial charge in [0.1, 0.15) is 23.8 Å². The van der Waals surface area contributed by atoms with E-state index in [1.807, 2.05) is 11.9 Å². The Hall–Kier alpha value is -3.40. The van der Waals surface area contributed by atoms with E-state index in [-0.39, 0.29) is 74.5 Å². The number of aromatic nitrogens is 3. The van der Waals surface area contributed by atoms with Gasteiger partial charge in [-0.05, 0) is 44.5 Å². The van der Waals surface area contributed by atoms with Gasteiger partial charge in [0.15, 0.2) is 10.9 Å². The highest BCUT2D eigenvalue weighted by molar-refractivity contribution is 7.22. The van der Waals surface area contributed by atoms with E-state index in [4.69, 9.17) is 15.2 Å². The molecule has 234 valence electrons. The molecule has 3 aliphatic rings.